The van der Waals surface area contributed by atoms with Crippen molar-refractivity contribution in [3.63, 3.8) is 0 Å². The molecule has 0 spiro atoms. The molecule has 3 rings (SSSR count). The molecule has 0 aliphatic carbocycles. The molecular weight excluding hydrogens is 354 g/mol. The van der Waals surface area contributed by atoms with Crippen molar-refractivity contribution in [3.05, 3.63) is 71.8 Å². The van der Waals surface area contributed by atoms with Gasteiger partial charge in [0.1, 0.15) is 18.7 Å². The summed E-state index contributed by atoms with van der Waals surface area (Å²) < 4.78 is 1.47. The summed E-state index contributed by atoms with van der Waals surface area (Å²) in [4.78, 5) is 28.2. The van der Waals surface area contributed by atoms with Crippen LogP contribution in [0.3, 0.4) is 0 Å². The SMILES string of the molecule is CC(C(=O)Nc1ccc(NC(=O)c2ccc(Cl)cc2)cc1)n1cncn1. The highest BCUT2D eigenvalue weighted by Gasteiger charge is 2.15. The van der Waals surface area contributed by atoms with E-state index in [4.69, 9.17) is 11.6 Å². The predicted molar refractivity (Wildman–Crippen MR) is 99.2 cm³/mol. The molecule has 1 atom stereocenters. The molecule has 0 aliphatic rings. The molecule has 26 heavy (non-hydrogen) atoms. The quantitative estimate of drug-likeness (QED) is 0.721. The van der Waals surface area contributed by atoms with Crippen LogP contribution in [-0.2, 0) is 4.79 Å². The van der Waals surface area contributed by atoms with Gasteiger partial charge in [-0.1, -0.05) is 11.6 Å². The molecule has 1 aromatic heterocycles. The number of nitrogens with one attached hydrogen (secondary N) is 2. The zero-order chi connectivity index (χ0) is 18.5. The maximum atomic E-state index is 12.2. The molecule has 7 nitrogen and oxygen atoms in total. The summed E-state index contributed by atoms with van der Waals surface area (Å²) in [5.74, 6) is -0.452. The molecule has 0 bridgehead atoms. The molecule has 0 fully saturated rings. The average molecular weight is 370 g/mol. The number of anilines is 2. The van der Waals surface area contributed by atoms with Crippen molar-refractivity contribution in [3.8, 4) is 0 Å². The molecule has 1 unspecified atom stereocenters. The van der Waals surface area contributed by atoms with Gasteiger partial charge in [-0.3, -0.25) is 9.59 Å². The number of carbonyl (C=O) groups excluding carboxylic acids is 2. The van der Waals surface area contributed by atoms with Gasteiger partial charge in [-0.05, 0) is 55.5 Å². The summed E-state index contributed by atoms with van der Waals surface area (Å²) in [5.41, 5.74) is 1.74. The Balaban J connectivity index is 1.60. The van der Waals surface area contributed by atoms with Crippen molar-refractivity contribution >= 4 is 34.8 Å². The van der Waals surface area contributed by atoms with E-state index in [-0.39, 0.29) is 11.8 Å². The van der Waals surface area contributed by atoms with Gasteiger partial charge in [-0.25, -0.2) is 9.67 Å². The number of aromatic nitrogens is 3. The lowest BCUT2D eigenvalue weighted by Gasteiger charge is -2.12. The Morgan fingerprint density at radius 1 is 1.00 bits per heavy atom. The van der Waals surface area contributed by atoms with E-state index < -0.39 is 6.04 Å². The molecule has 0 saturated carbocycles. The summed E-state index contributed by atoms with van der Waals surface area (Å²) in [7, 11) is 0. The van der Waals surface area contributed by atoms with E-state index in [0.717, 1.165) is 0 Å². The van der Waals surface area contributed by atoms with Crippen LogP contribution in [-0.4, -0.2) is 26.6 Å². The van der Waals surface area contributed by atoms with E-state index in [0.29, 0.717) is 22.0 Å². The van der Waals surface area contributed by atoms with E-state index in [1.165, 1.54) is 17.3 Å². The Kier molecular flexibility index (Phi) is 5.28. The highest BCUT2D eigenvalue weighted by Crippen LogP contribution is 2.17. The number of benzene rings is 2. The molecule has 2 N–H and O–H groups in total. The molecule has 1 heterocycles. The fourth-order valence-electron chi connectivity index (χ4n) is 2.23. The van der Waals surface area contributed by atoms with E-state index in [1.807, 2.05) is 0 Å². The largest absolute Gasteiger partial charge is 0.324 e. The fourth-order valence-corrected chi connectivity index (χ4v) is 2.35. The fraction of sp³-hybridized carbons (Fsp3) is 0.111. The summed E-state index contributed by atoms with van der Waals surface area (Å²) in [5, 5.41) is 10.1. The Morgan fingerprint density at radius 3 is 2.19 bits per heavy atom. The first-order valence-electron chi connectivity index (χ1n) is 7.85. The van der Waals surface area contributed by atoms with Crippen LogP contribution in [0.25, 0.3) is 0 Å². The third-order valence-electron chi connectivity index (χ3n) is 3.73. The normalized spacial score (nSPS) is 11.6. The van der Waals surface area contributed by atoms with E-state index in [2.05, 4.69) is 20.7 Å². The van der Waals surface area contributed by atoms with Crippen LogP contribution in [0, 0.1) is 0 Å². The zero-order valence-corrected chi connectivity index (χ0v) is 14.6. The first kappa shape index (κ1) is 17.6. The maximum Gasteiger partial charge on any atom is 0.255 e. The first-order valence-corrected chi connectivity index (χ1v) is 8.22. The number of hydrogen-bond acceptors (Lipinski definition) is 4. The smallest absolute Gasteiger partial charge is 0.255 e. The second-order valence-electron chi connectivity index (χ2n) is 5.58. The number of nitrogens with zero attached hydrogens (tertiary/aromatic N) is 3. The maximum absolute atomic E-state index is 12.2. The Morgan fingerprint density at radius 2 is 1.62 bits per heavy atom. The standard InChI is InChI=1S/C18H16ClN5O2/c1-12(24-11-20-10-21-24)17(25)22-15-6-8-16(9-7-15)23-18(26)13-2-4-14(19)5-3-13/h2-12H,1H3,(H,22,25)(H,23,26). The van der Waals surface area contributed by atoms with Crippen molar-refractivity contribution in [2.75, 3.05) is 10.6 Å². The lowest BCUT2D eigenvalue weighted by atomic mass is 10.2. The van der Waals surface area contributed by atoms with Crippen molar-refractivity contribution in [1.82, 2.24) is 14.8 Å². The molecule has 0 saturated heterocycles. The number of halogens is 1. The number of hydrogen-bond donors (Lipinski definition) is 2. The predicted octanol–water partition coefficient (Wildman–Crippen LogP) is 3.38. The minimum atomic E-state index is -0.484. The molecule has 3 aromatic rings. The topological polar surface area (TPSA) is 88.9 Å². The van der Waals surface area contributed by atoms with Gasteiger partial charge in [-0.2, -0.15) is 5.10 Å². The molecule has 0 aliphatic heterocycles. The van der Waals surface area contributed by atoms with Gasteiger partial charge in [0.15, 0.2) is 0 Å². The summed E-state index contributed by atoms with van der Waals surface area (Å²) in [6, 6.07) is 13.0. The number of carbonyl (C=O) groups is 2. The molecular formula is C18H16ClN5O2. The molecule has 2 aromatic carbocycles. The first-order chi connectivity index (χ1) is 12.5. The van der Waals surface area contributed by atoms with Gasteiger partial charge >= 0.3 is 0 Å². The van der Waals surface area contributed by atoms with Crippen LogP contribution in [0.2, 0.25) is 5.02 Å². The molecule has 132 valence electrons. The van der Waals surface area contributed by atoms with Crippen molar-refractivity contribution in [1.29, 1.82) is 0 Å². The van der Waals surface area contributed by atoms with Gasteiger partial charge in [-0.15, -0.1) is 0 Å². The van der Waals surface area contributed by atoms with Crippen LogP contribution in [0.15, 0.2) is 61.2 Å². The summed E-state index contributed by atoms with van der Waals surface area (Å²) >= 11 is 5.82. The van der Waals surface area contributed by atoms with Gasteiger partial charge in [0, 0.05) is 22.0 Å². The van der Waals surface area contributed by atoms with Crippen LogP contribution in [0.4, 0.5) is 11.4 Å². The van der Waals surface area contributed by atoms with Crippen molar-refractivity contribution < 1.29 is 9.59 Å². The highest BCUT2D eigenvalue weighted by molar-refractivity contribution is 6.30. The zero-order valence-electron chi connectivity index (χ0n) is 13.9. The van der Waals surface area contributed by atoms with Crippen LogP contribution < -0.4 is 10.6 Å². The number of rotatable bonds is 5. The van der Waals surface area contributed by atoms with E-state index in [9.17, 15) is 9.59 Å². The summed E-state index contributed by atoms with van der Waals surface area (Å²) in [6.07, 6.45) is 2.86. The van der Waals surface area contributed by atoms with Gasteiger partial charge in [0.25, 0.3) is 5.91 Å². The van der Waals surface area contributed by atoms with Gasteiger partial charge in [0.05, 0.1) is 0 Å². The Hall–Kier alpha value is -3.19. The second-order valence-corrected chi connectivity index (χ2v) is 6.02. The molecule has 2 amide bonds. The van der Waals surface area contributed by atoms with Gasteiger partial charge in [0.2, 0.25) is 5.91 Å². The third-order valence-corrected chi connectivity index (χ3v) is 3.98. The van der Waals surface area contributed by atoms with Crippen LogP contribution in [0.5, 0.6) is 0 Å². The van der Waals surface area contributed by atoms with E-state index >= 15 is 0 Å². The Bertz CT molecular complexity index is 892. The monoisotopic (exact) mass is 369 g/mol. The lowest BCUT2D eigenvalue weighted by molar-refractivity contribution is -0.119. The minimum Gasteiger partial charge on any atom is -0.324 e. The third kappa shape index (κ3) is 4.25. The number of amides is 2. The van der Waals surface area contributed by atoms with Crippen molar-refractivity contribution in [2.45, 2.75) is 13.0 Å². The van der Waals surface area contributed by atoms with Crippen LogP contribution in [0.1, 0.15) is 23.3 Å². The molecule has 8 heteroatoms. The van der Waals surface area contributed by atoms with E-state index in [1.54, 1.807) is 55.5 Å². The minimum absolute atomic E-state index is 0.214. The highest BCUT2D eigenvalue weighted by atomic mass is 35.5. The lowest BCUT2D eigenvalue weighted by Crippen LogP contribution is -2.24. The Labute approximate surface area is 155 Å². The second kappa shape index (κ2) is 7.79. The molecule has 0 radical (unpaired) electrons. The summed E-state index contributed by atoms with van der Waals surface area (Å²) in [6.45, 7) is 1.73. The van der Waals surface area contributed by atoms with Gasteiger partial charge < -0.3 is 10.6 Å². The average Bonchev–Trinajstić information content (AvgIpc) is 3.18. The van der Waals surface area contributed by atoms with Crippen molar-refractivity contribution in [2.24, 2.45) is 0 Å². The van der Waals surface area contributed by atoms with Crippen LogP contribution >= 0.6 is 11.6 Å².